The molecule has 0 bridgehead atoms. The Bertz CT molecular complexity index is 826. The number of sulfonamides is 1. The van der Waals surface area contributed by atoms with Gasteiger partial charge in [0.2, 0.25) is 15.9 Å². The van der Waals surface area contributed by atoms with Gasteiger partial charge in [-0.2, -0.15) is 4.31 Å². The van der Waals surface area contributed by atoms with Gasteiger partial charge in [-0.05, 0) is 36.4 Å². The molecule has 0 radical (unpaired) electrons. The van der Waals surface area contributed by atoms with E-state index in [0.29, 0.717) is 18.2 Å². The fraction of sp³-hybridized carbons (Fsp3) is 0.278. The molecule has 0 aromatic heterocycles. The van der Waals surface area contributed by atoms with Crippen molar-refractivity contribution >= 4 is 27.5 Å². The van der Waals surface area contributed by atoms with Crippen molar-refractivity contribution in [2.24, 2.45) is 0 Å². The number of halogens is 1. The summed E-state index contributed by atoms with van der Waals surface area (Å²) < 4.78 is 31.5. The van der Waals surface area contributed by atoms with Gasteiger partial charge < -0.3 is 9.64 Å². The quantitative estimate of drug-likeness (QED) is 0.687. The van der Waals surface area contributed by atoms with E-state index >= 15 is 0 Å². The van der Waals surface area contributed by atoms with E-state index in [1.165, 1.54) is 36.2 Å². The monoisotopic (exact) mass is 396 g/mol. The van der Waals surface area contributed by atoms with Crippen LogP contribution in [0.15, 0.2) is 59.5 Å². The van der Waals surface area contributed by atoms with Crippen LogP contribution < -0.4 is 4.74 Å². The Kier molecular flexibility index (Phi) is 7.02. The summed E-state index contributed by atoms with van der Waals surface area (Å²) in [5, 5.41) is 0.445. The minimum atomic E-state index is -3.75. The maximum Gasteiger partial charge on any atom is 0.243 e. The van der Waals surface area contributed by atoms with Crippen molar-refractivity contribution in [1.82, 2.24) is 9.21 Å². The molecule has 0 saturated heterocycles. The predicted molar refractivity (Wildman–Crippen MR) is 101 cm³/mol. The Morgan fingerprint density at radius 1 is 1.04 bits per heavy atom. The first-order valence-electron chi connectivity index (χ1n) is 7.94. The largest absolute Gasteiger partial charge is 0.492 e. The standard InChI is InChI=1S/C18H21ClN2O4S/c1-20(12-13-25-16-6-4-3-5-7-16)18(22)14-21(2)26(23,24)17-10-8-15(19)9-11-17/h3-11H,12-14H2,1-2H3. The summed E-state index contributed by atoms with van der Waals surface area (Å²) in [6, 6.07) is 15.1. The molecule has 0 aliphatic heterocycles. The lowest BCUT2D eigenvalue weighted by molar-refractivity contribution is -0.130. The van der Waals surface area contributed by atoms with Gasteiger partial charge in [0.05, 0.1) is 18.0 Å². The van der Waals surface area contributed by atoms with Crippen molar-refractivity contribution in [3.8, 4) is 5.75 Å². The molecule has 0 unspecified atom stereocenters. The van der Waals surface area contributed by atoms with Crippen LogP contribution in [0.5, 0.6) is 5.75 Å². The molecule has 2 rings (SSSR count). The van der Waals surface area contributed by atoms with Gasteiger partial charge in [0.1, 0.15) is 12.4 Å². The highest BCUT2D eigenvalue weighted by molar-refractivity contribution is 7.89. The summed E-state index contributed by atoms with van der Waals surface area (Å²) in [7, 11) is -0.770. The minimum absolute atomic E-state index is 0.0901. The van der Waals surface area contributed by atoms with Gasteiger partial charge in [-0.15, -0.1) is 0 Å². The average molecular weight is 397 g/mol. The molecule has 0 N–H and O–H groups in total. The molecular weight excluding hydrogens is 376 g/mol. The second-order valence-corrected chi connectivity index (χ2v) is 8.17. The zero-order chi connectivity index (χ0) is 19.2. The summed E-state index contributed by atoms with van der Waals surface area (Å²) in [6.07, 6.45) is 0. The molecule has 0 atom stereocenters. The number of nitrogens with zero attached hydrogens (tertiary/aromatic N) is 2. The Morgan fingerprint density at radius 2 is 1.65 bits per heavy atom. The molecular formula is C18H21ClN2O4S. The Morgan fingerprint density at radius 3 is 2.27 bits per heavy atom. The van der Waals surface area contributed by atoms with Crippen LogP contribution in [0, 0.1) is 0 Å². The zero-order valence-electron chi connectivity index (χ0n) is 14.6. The van der Waals surface area contributed by atoms with E-state index in [0.717, 1.165) is 10.1 Å². The maximum absolute atomic E-state index is 12.5. The molecule has 2 aromatic rings. The second kappa shape index (κ2) is 9.02. The number of carbonyl (C=O) groups excluding carboxylic acids is 1. The fourth-order valence-electron chi connectivity index (χ4n) is 2.12. The molecule has 26 heavy (non-hydrogen) atoms. The van der Waals surface area contributed by atoms with E-state index < -0.39 is 10.0 Å². The molecule has 0 spiro atoms. The van der Waals surface area contributed by atoms with Crippen molar-refractivity contribution < 1.29 is 17.9 Å². The van der Waals surface area contributed by atoms with E-state index in [2.05, 4.69) is 0 Å². The van der Waals surface area contributed by atoms with Crippen molar-refractivity contribution in [3.63, 3.8) is 0 Å². The summed E-state index contributed by atoms with van der Waals surface area (Å²) in [5.41, 5.74) is 0. The van der Waals surface area contributed by atoms with Gasteiger partial charge in [0.15, 0.2) is 0 Å². The molecule has 8 heteroatoms. The maximum atomic E-state index is 12.5. The molecule has 0 aliphatic carbocycles. The molecule has 0 fully saturated rings. The summed E-state index contributed by atoms with van der Waals surface area (Å²) in [6.45, 7) is 0.412. The van der Waals surface area contributed by atoms with Crippen LogP contribution in [0.3, 0.4) is 0 Å². The number of hydrogen-bond acceptors (Lipinski definition) is 4. The lowest BCUT2D eigenvalue weighted by Gasteiger charge is -2.22. The number of benzene rings is 2. The first-order chi connectivity index (χ1) is 12.3. The fourth-order valence-corrected chi connectivity index (χ4v) is 3.37. The number of para-hydroxylation sites is 1. The lowest BCUT2D eigenvalue weighted by atomic mass is 10.3. The van der Waals surface area contributed by atoms with Crippen LogP contribution in [-0.4, -0.2) is 57.3 Å². The minimum Gasteiger partial charge on any atom is -0.492 e. The van der Waals surface area contributed by atoms with Crippen LogP contribution in [0.4, 0.5) is 0 Å². The van der Waals surface area contributed by atoms with Crippen LogP contribution in [-0.2, 0) is 14.8 Å². The predicted octanol–water partition coefficient (Wildman–Crippen LogP) is 2.50. The van der Waals surface area contributed by atoms with Crippen molar-refractivity contribution in [2.45, 2.75) is 4.90 Å². The SMILES string of the molecule is CN(CCOc1ccccc1)C(=O)CN(C)S(=O)(=O)c1ccc(Cl)cc1. The smallest absolute Gasteiger partial charge is 0.243 e. The van der Waals surface area contributed by atoms with Crippen molar-refractivity contribution in [2.75, 3.05) is 33.8 Å². The Balaban J connectivity index is 1.88. The molecule has 140 valence electrons. The topological polar surface area (TPSA) is 66.9 Å². The third-order valence-corrected chi connectivity index (χ3v) is 5.81. The normalized spacial score (nSPS) is 11.4. The molecule has 0 heterocycles. The first-order valence-corrected chi connectivity index (χ1v) is 9.76. The van der Waals surface area contributed by atoms with E-state index in [9.17, 15) is 13.2 Å². The van der Waals surface area contributed by atoms with E-state index in [1.807, 2.05) is 30.3 Å². The number of hydrogen-bond donors (Lipinski definition) is 0. The molecule has 1 amide bonds. The number of rotatable bonds is 8. The van der Waals surface area contributed by atoms with Crippen LogP contribution in [0.1, 0.15) is 0 Å². The molecule has 0 saturated carbocycles. The van der Waals surface area contributed by atoms with Crippen molar-refractivity contribution in [1.29, 1.82) is 0 Å². The first kappa shape index (κ1) is 20.2. The lowest BCUT2D eigenvalue weighted by Crippen LogP contribution is -2.40. The van der Waals surface area contributed by atoms with Crippen molar-refractivity contribution in [3.05, 3.63) is 59.6 Å². The van der Waals surface area contributed by atoms with Gasteiger partial charge >= 0.3 is 0 Å². The van der Waals surface area contributed by atoms with Gasteiger partial charge in [-0.1, -0.05) is 29.8 Å². The summed E-state index contributed by atoms with van der Waals surface area (Å²) in [4.78, 5) is 13.8. The number of amides is 1. The summed E-state index contributed by atoms with van der Waals surface area (Å²) in [5.74, 6) is 0.400. The number of ether oxygens (including phenoxy) is 1. The van der Waals surface area contributed by atoms with E-state index in [1.54, 1.807) is 7.05 Å². The van der Waals surface area contributed by atoms with Gasteiger partial charge in [-0.25, -0.2) is 8.42 Å². The molecule has 0 aliphatic rings. The highest BCUT2D eigenvalue weighted by Crippen LogP contribution is 2.17. The van der Waals surface area contributed by atoms with Crippen LogP contribution >= 0.6 is 11.6 Å². The van der Waals surface area contributed by atoms with Gasteiger partial charge in [0, 0.05) is 19.1 Å². The van der Waals surface area contributed by atoms with Crippen LogP contribution in [0.25, 0.3) is 0 Å². The van der Waals surface area contributed by atoms with Crippen LogP contribution in [0.2, 0.25) is 5.02 Å². The van der Waals surface area contributed by atoms with E-state index in [-0.39, 0.29) is 17.3 Å². The van der Waals surface area contributed by atoms with Gasteiger partial charge in [0.25, 0.3) is 0 Å². The summed E-state index contributed by atoms with van der Waals surface area (Å²) >= 11 is 5.78. The Hall–Kier alpha value is -2.09. The van der Waals surface area contributed by atoms with Gasteiger partial charge in [-0.3, -0.25) is 4.79 Å². The second-order valence-electron chi connectivity index (χ2n) is 5.69. The third kappa shape index (κ3) is 5.45. The molecule has 2 aromatic carbocycles. The zero-order valence-corrected chi connectivity index (χ0v) is 16.2. The average Bonchev–Trinajstić information content (AvgIpc) is 2.62. The number of carbonyl (C=O) groups is 1. The molecule has 6 nitrogen and oxygen atoms in total. The third-order valence-electron chi connectivity index (χ3n) is 3.74. The number of likely N-dealkylation sites (N-methyl/N-ethyl adjacent to an activating group) is 2. The highest BCUT2D eigenvalue weighted by Gasteiger charge is 2.24. The van der Waals surface area contributed by atoms with E-state index in [4.69, 9.17) is 16.3 Å². The highest BCUT2D eigenvalue weighted by atomic mass is 35.5. The Labute approximate surface area is 159 Å².